The molecule has 0 aliphatic carbocycles. The summed E-state index contributed by atoms with van der Waals surface area (Å²) < 4.78 is 5.89. The van der Waals surface area contributed by atoms with Crippen molar-refractivity contribution in [1.82, 2.24) is 0 Å². The summed E-state index contributed by atoms with van der Waals surface area (Å²) in [5, 5.41) is 14.3. The van der Waals surface area contributed by atoms with Crippen LogP contribution in [0.5, 0.6) is 5.75 Å². The normalized spacial score (nSPS) is 10.5. The summed E-state index contributed by atoms with van der Waals surface area (Å²) in [4.78, 5) is 24.2. The summed E-state index contributed by atoms with van der Waals surface area (Å²) in [6.07, 6.45) is 0. The van der Waals surface area contributed by atoms with Gasteiger partial charge in [-0.1, -0.05) is 46.3 Å². The molecule has 0 aliphatic rings. The Bertz CT molecular complexity index is 1000. The van der Waals surface area contributed by atoms with Gasteiger partial charge < -0.3 is 15.2 Å². The number of phenols is 1. The second kappa shape index (κ2) is 7.58. The molecule has 0 aromatic heterocycles. The number of phenolic OH excluding ortho intramolecular Hbond substituents is 1. The number of ether oxygens (including phenoxy) is 1. The van der Waals surface area contributed by atoms with Crippen molar-refractivity contribution in [2.75, 3.05) is 11.9 Å². The number of hydrogen-bond donors (Lipinski definition) is 2. The maximum absolute atomic E-state index is 12.2. The van der Waals surface area contributed by atoms with Crippen LogP contribution < -0.4 is 5.32 Å². The summed E-state index contributed by atoms with van der Waals surface area (Å²) in [7, 11) is 0. The fourth-order valence-electron chi connectivity index (χ4n) is 2.47. The summed E-state index contributed by atoms with van der Waals surface area (Å²) in [5.41, 5.74) is 1.66. The largest absolute Gasteiger partial charge is 0.507 e. The van der Waals surface area contributed by atoms with E-state index in [0.29, 0.717) is 5.69 Å². The number of benzene rings is 3. The molecule has 0 heterocycles. The molecule has 26 heavy (non-hydrogen) atoms. The Labute approximate surface area is 158 Å². The molecule has 0 spiro atoms. The van der Waals surface area contributed by atoms with E-state index in [2.05, 4.69) is 21.2 Å². The van der Waals surface area contributed by atoms with Crippen molar-refractivity contribution >= 4 is 44.3 Å². The van der Waals surface area contributed by atoms with Crippen LogP contribution in [0.25, 0.3) is 10.8 Å². The molecule has 0 atom stereocenters. The van der Waals surface area contributed by atoms with Crippen LogP contribution in [0.2, 0.25) is 0 Å². The molecule has 0 bridgehead atoms. The Balaban J connectivity index is 1.65. The molecule has 5 nitrogen and oxygen atoms in total. The summed E-state index contributed by atoms with van der Waals surface area (Å²) in [5.74, 6) is -1.40. The first-order chi connectivity index (χ1) is 12.4. The summed E-state index contributed by atoms with van der Waals surface area (Å²) in [6.45, 7) is 1.49. The Morgan fingerprint density at radius 2 is 1.77 bits per heavy atom. The van der Waals surface area contributed by atoms with Gasteiger partial charge in [0.05, 0.1) is 0 Å². The Hall–Kier alpha value is -2.86. The van der Waals surface area contributed by atoms with Gasteiger partial charge in [-0.2, -0.15) is 0 Å². The number of aromatic hydroxyl groups is 1. The lowest BCUT2D eigenvalue weighted by Crippen LogP contribution is -2.21. The van der Waals surface area contributed by atoms with E-state index in [0.717, 1.165) is 20.8 Å². The Morgan fingerprint density at radius 1 is 1.08 bits per heavy atom. The van der Waals surface area contributed by atoms with Crippen molar-refractivity contribution in [2.45, 2.75) is 6.92 Å². The second-order valence-electron chi connectivity index (χ2n) is 5.80. The van der Waals surface area contributed by atoms with Crippen LogP contribution >= 0.6 is 15.9 Å². The van der Waals surface area contributed by atoms with Gasteiger partial charge in [0.25, 0.3) is 5.91 Å². The third-order valence-corrected chi connectivity index (χ3v) is 4.73. The number of hydrogen-bond acceptors (Lipinski definition) is 4. The predicted molar refractivity (Wildman–Crippen MR) is 103 cm³/mol. The quantitative estimate of drug-likeness (QED) is 0.621. The molecule has 3 aromatic carbocycles. The highest BCUT2D eigenvalue weighted by molar-refractivity contribution is 9.10. The van der Waals surface area contributed by atoms with Crippen molar-refractivity contribution in [3.63, 3.8) is 0 Å². The zero-order valence-corrected chi connectivity index (χ0v) is 15.5. The molecular weight excluding hydrogens is 398 g/mol. The SMILES string of the molecule is Cc1ccc(NC(=O)COC(=O)c2cc3ccccc3cc2O)cc1Br. The number of halogens is 1. The topological polar surface area (TPSA) is 75.6 Å². The van der Waals surface area contributed by atoms with Crippen molar-refractivity contribution in [2.24, 2.45) is 0 Å². The van der Waals surface area contributed by atoms with Gasteiger partial charge in [-0.3, -0.25) is 4.79 Å². The first-order valence-corrected chi connectivity index (χ1v) is 8.68. The van der Waals surface area contributed by atoms with Crippen LogP contribution in [-0.2, 0) is 9.53 Å². The standard InChI is InChI=1S/C20H16BrNO4/c1-12-6-7-15(10-17(12)21)22-19(24)11-26-20(25)16-8-13-4-2-3-5-14(13)9-18(16)23/h2-10,23H,11H2,1H3,(H,22,24). The van der Waals surface area contributed by atoms with Gasteiger partial charge >= 0.3 is 5.97 Å². The molecule has 0 unspecified atom stereocenters. The Kier molecular flexibility index (Phi) is 5.23. The number of fused-ring (bicyclic) bond motifs is 1. The van der Waals surface area contributed by atoms with Crippen LogP contribution in [0.1, 0.15) is 15.9 Å². The molecule has 0 aliphatic heterocycles. The van der Waals surface area contributed by atoms with Crippen LogP contribution in [0, 0.1) is 6.92 Å². The van der Waals surface area contributed by atoms with E-state index in [1.54, 1.807) is 18.2 Å². The molecule has 0 saturated carbocycles. The van der Waals surface area contributed by atoms with Crippen LogP contribution in [0.15, 0.2) is 59.1 Å². The smallest absolute Gasteiger partial charge is 0.342 e. The molecule has 6 heteroatoms. The number of aryl methyl sites for hydroxylation is 1. The fraction of sp³-hybridized carbons (Fsp3) is 0.100. The molecule has 3 rings (SSSR count). The van der Waals surface area contributed by atoms with Crippen molar-refractivity contribution in [3.8, 4) is 5.75 Å². The first-order valence-electron chi connectivity index (χ1n) is 7.89. The van der Waals surface area contributed by atoms with E-state index in [9.17, 15) is 14.7 Å². The van der Waals surface area contributed by atoms with Crippen molar-refractivity contribution in [3.05, 3.63) is 70.2 Å². The minimum Gasteiger partial charge on any atom is -0.507 e. The minimum absolute atomic E-state index is 0.0228. The molecular formula is C20H16BrNO4. The monoisotopic (exact) mass is 413 g/mol. The molecule has 0 radical (unpaired) electrons. The number of nitrogens with one attached hydrogen (secondary N) is 1. The van der Waals surface area contributed by atoms with Gasteiger partial charge in [0.2, 0.25) is 0 Å². The third kappa shape index (κ3) is 4.03. The third-order valence-electron chi connectivity index (χ3n) is 3.87. The molecule has 1 amide bonds. The van der Waals surface area contributed by atoms with Gasteiger partial charge in [0, 0.05) is 10.2 Å². The van der Waals surface area contributed by atoms with Gasteiger partial charge in [0.15, 0.2) is 6.61 Å². The van der Waals surface area contributed by atoms with Crippen molar-refractivity contribution in [1.29, 1.82) is 0 Å². The highest BCUT2D eigenvalue weighted by atomic mass is 79.9. The average Bonchev–Trinajstić information content (AvgIpc) is 2.62. The van der Waals surface area contributed by atoms with E-state index in [4.69, 9.17) is 4.74 Å². The minimum atomic E-state index is -0.756. The lowest BCUT2D eigenvalue weighted by Gasteiger charge is -2.09. The van der Waals surface area contributed by atoms with E-state index in [1.165, 1.54) is 6.07 Å². The lowest BCUT2D eigenvalue weighted by molar-refractivity contribution is -0.119. The predicted octanol–water partition coefficient (Wildman–Crippen LogP) is 4.41. The summed E-state index contributed by atoms with van der Waals surface area (Å²) >= 11 is 3.39. The highest BCUT2D eigenvalue weighted by Gasteiger charge is 2.15. The second-order valence-corrected chi connectivity index (χ2v) is 6.66. The zero-order chi connectivity index (χ0) is 18.7. The van der Waals surface area contributed by atoms with Gasteiger partial charge in [-0.05, 0) is 47.5 Å². The van der Waals surface area contributed by atoms with Crippen LogP contribution in [0.4, 0.5) is 5.69 Å². The van der Waals surface area contributed by atoms with E-state index >= 15 is 0 Å². The molecule has 132 valence electrons. The maximum Gasteiger partial charge on any atom is 0.342 e. The zero-order valence-electron chi connectivity index (χ0n) is 14.0. The number of amides is 1. The summed E-state index contributed by atoms with van der Waals surface area (Å²) in [6, 6.07) is 15.8. The van der Waals surface area contributed by atoms with Gasteiger partial charge in [-0.25, -0.2) is 4.79 Å². The molecule has 0 saturated heterocycles. The maximum atomic E-state index is 12.2. The van der Waals surface area contributed by atoms with Gasteiger partial charge in [0.1, 0.15) is 11.3 Å². The van der Waals surface area contributed by atoms with Crippen LogP contribution in [-0.4, -0.2) is 23.6 Å². The number of anilines is 1. The highest BCUT2D eigenvalue weighted by Crippen LogP contribution is 2.25. The van der Waals surface area contributed by atoms with E-state index in [-0.39, 0.29) is 11.3 Å². The molecule has 2 N–H and O–H groups in total. The molecule has 0 fully saturated rings. The number of carbonyl (C=O) groups is 2. The van der Waals surface area contributed by atoms with Crippen molar-refractivity contribution < 1.29 is 19.4 Å². The first kappa shape index (κ1) is 17.9. The van der Waals surface area contributed by atoms with Gasteiger partial charge in [-0.15, -0.1) is 0 Å². The molecule has 3 aromatic rings. The number of esters is 1. The average molecular weight is 414 g/mol. The number of rotatable bonds is 4. The fourth-order valence-corrected chi connectivity index (χ4v) is 2.85. The number of carbonyl (C=O) groups excluding carboxylic acids is 2. The van der Waals surface area contributed by atoms with Crippen LogP contribution in [0.3, 0.4) is 0 Å². The lowest BCUT2D eigenvalue weighted by atomic mass is 10.1. The van der Waals surface area contributed by atoms with E-state index < -0.39 is 18.5 Å². The Morgan fingerprint density at radius 3 is 2.46 bits per heavy atom. The van der Waals surface area contributed by atoms with E-state index in [1.807, 2.05) is 37.3 Å².